The van der Waals surface area contributed by atoms with Gasteiger partial charge in [0, 0.05) is 11.5 Å². The first-order valence-corrected chi connectivity index (χ1v) is 4.34. The summed E-state index contributed by atoms with van der Waals surface area (Å²) >= 11 is 0. The van der Waals surface area contributed by atoms with Gasteiger partial charge in [-0.1, -0.05) is 12.0 Å². The van der Waals surface area contributed by atoms with Gasteiger partial charge in [0.2, 0.25) is 0 Å². The third-order valence-corrected chi connectivity index (χ3v) is 1.92. The van der Waals surface area contributed by atoms with Crippen LogP contribution in [0.1, 0.15) is 6.92 Å². The van der Waals surface area contributed by atoms with E-state index in [1.807, 2.05) is 0 Å². The summed E-state index contributed by atoms with van der Waals surface area (Å²) in [6, 6.07) is 0.176. The molecule has 2 atom stereocenters. The Balaban J connectivity index is 0.000000293. The molecule has 1 saturated heterocycles. The molecule has 0 aromatic carbocycles. The van der Waals surface area contributed by atoms with Crippen LogP contribution in [-0.2, 0) is 4.79 Å². The average molecular weight is 240 g/mol. The molecule has 0 aromatic heterocycles. The van der Waals surface area contributed by atoms with Gasteiger partial charge in [0.1, 0.15) is 0 Å². The van der Waals surface area contributed by atoms with Crippen LogP contribution in [0, 0.1) is 5.92 Å². The lowest BCUT2D eigenvalue weighted by Gasteiger charge is -2.03. The summed E-state index contributed by atoms with van der Waals surface area (Å²) < 4.78 is 31.7. The van der Waals surface area contributed by atoms with Gasteiger partial charge in [-0.05, 0) is 18.0 Å². The Morgan fingerprint density at radius 3 is 2.31 bits per heavy atom. The molecule has 0 aromatic rings. The lowest BCUT2D eigenvalue weighted by molar-refractivity contribution is -0.192. The van der Waals surface area contributed by atoms with E-state index in [2.05, 4.69) is 22.3 Å². The number of aliphatic carboxylic acids is 1. The van der Waals surface area contributed by atoms with Crippen molar-refractivity contribution in [3.63, 3.8) is 0 Å². The van der Waals surface area contributed by atoms with Crippen molar-refractivity contribution in [2.45, 2.75) is 19.1 Å². The first kappa shape index (κ1) is 14.5. The number of carboxylic acids is 1. The number of hydrogen-bond acceptors (Lipinski definition) is 3. The van der Waals surface area contributed by atoms with E-state index in [0.717, 1.165) is 13.1 Å². The molecule has 1 aliphatic heterocycles. The lowest BCUT2D eigenvalue weighted by Crippen LogP contribution is -2.21. The van der Waals surface area contributed by atoms with Gasteiger partial charge in [0.05, 0.1) is 6.04 Å². The minimum absolute atomic E-state index is 0.176. The zero-order chi connectivity index (χ0) is 12.8. The zero-order valence-electron chi connectivity index (χ0n) is 8.40. The first-order chi connectivity index (χ1) is 7.29. The maximum atomic E-state index is 10.6. The Hall–Kier alpha value is -1.47. The third-order valence-electron chi connectivity index (χ3n) is 1.92. The second kappa shape index (κ2) is 6.19. The normalized spacial score (nSPS) is 24.0. The minimum Gasteiger partial charge on any atom is -0.475 e. The van der Waals surface area contributed by atoms with Crippen molar-refractivity contribution in [3.05, 3.63) is 10.4 Å². The standard InChI is InChI=1S/C5H10N4.C2HF3O2/c1-4-2-7-3-5(4)8-9-6;3-2(4,5)1(6)7/h4-5,7H,2-3H2,1H3;(H,6,7)/t4-,5+;/m1./s1. The number of alkyl halides is 3. The number of rotatable bonds is 1. The van der Waals surface area contributed by atoms with E-state index in [1.165, 1.54) is 0 Å². The second-order valence-electron chi connectivity index (χ2n) is 3.21. The molecular weight excluding hydrogens is 229 g/mol. The summed E-state index contributed by atoms with van der Waals surface area (Å²) in [6.07, 6.45) is -5.08. The van der Waals surface area contributed by atoms with E-state index < -0.39 is 12.1 Å². The van der Waals surface area contributed by atoms with Gasteiger partial charge in [0.25, 0.3) is 0 Å². The monoisotopic (exact) mass is 240 g/mol. The molecular formula is C7H11F3N4O2. The van der Waals surface area contributed by atoms with E-state index in [9.17, 15) is 13.2 Å². The van der Waals surface area contributed by atoms with Crippen molar-refractivity contribution in [2.75, 3.05) is 13.1 Å². The first-order valence-electron chi connectivity index (χ1n) is 4.34. The molecule has 0 saturated carbocycles. The summed E-state index contributed by atoms with van der Waals surface area (Å²) in [7, 11) is 0. The van der Waals surface area contributed by atoms with Gasteiger partial charge in [0.15, 0.2) is 0 Å². The van der Waals surface area contributed by atoms with Crippen LogP contribution in [0.15, 0.2) is 5.11 Å². The Bertz CT molecular complexity index is 288. The number of halogens is 3. The largest absolute Gasteiger partial charge is 0.490 e. The fourth-order valence-electron chi connectivity index (χ4n) is 1.02. The molecule has 92 valence electrons. The van der Waals surface area contributed by atoms with Crippen LogP contribution in [0.5, 0.6) is 0 Å². The van der Waals surface area contributed by atoms with Gasteiger partial charge < -0.3 is 10.4 Å². The number of azide groups is 1. The molecule has 0 bridgehead atoms. The molecule has 1 aliphatic rings. The summed E-state index contributed by atoms with van der Waals surface area (Å²) in [4.78, 5) is 11.6. The number of nitrogens with one attached hydrogen (secondary N) is 1. The van der Waals surface area contributed by atoms with Gasteiger partial charge in [-0.2, -0.15) is 13.2 Å². The van der Waals surface area contributed by atoms with Crippen LogP contribution in [0.4, 0.5) is 13.2 Å². The SMILES string of the molecule is C[C@@H]1CNC[C@@H]1N=[N+]=[N-].O=C(O)C(F)(F)F. The van der Waals surface area contributed by atoms with Crippen molar-refractivity contribution in [1.29, 1.82) is 0 Å². The van der Waals surface area contributed by atoms with Gasteiger partial charge in [-0.25, -0.2) is 4.79 Å². The van der Waals surface area contributed by atoms with E-state index >= 15 is 0 Å². The number of nitrogens with zero attached hydrogens (tertiary/aromatic N) is 3. The summed E-state index contributed by atoms with van der Waals surface area (Å²) in [6.45, 7) is 3.90. The molecule has 1 rings (SSSR count). The third kappa shape index (κ3) is 5.42. The Morgan fingerprint density at radius 2 is 2.06 bits per heavy atom. The van der Waals surface area contributed by atoms with Crippen molar-refractivity contribution >= 4 is 5.97 Å². The summed E-state index contributed by atoms with van der Waals surface area (Å²) in [5.74, 6) is -2.26. The molecule has 0 amide bonds. The fourth-order valence-corrected chi connectivity index (χ4v) is 1.02. The van der Waals surface area contributed by atoms with Crippen LogP contribution in [0.2, 0.25) is 0 Å². The maximum absolute atomic E-state index is 10.6. The van der Waals surface area contributed by atoms with Crippen LogP contribution in [0.25, 0.3) is 10.4 Å². The van der Waals surface area contributed by atoms with Crippen molar-refractivity contribution in [1.82, 2.24) is 5.32 Å². The highest BCUT2D eigenvalue weighted by Crippen LogP contribution is 2.13. The molecule has 6 nitrogen and oxygen atoms in total. The Morgan fingerprint density at radius 1 is 1.56 bits per heavy atom. The van der Waals surface area contributed by atoms with Crippen LogP contribution in [-0.4, -0.2) is 36.4 Å². The zero-order valence-corrected chi connectivity index (χ0v) is 8.40. The van der Waals surface area contributed by atoms with E-state index in [0.29, 0.717) is 5.92 Å². The van der Waals surface area contributed by atoms with Crippen molar-refractivity contribution in [2.24, 2.45) is 11.0 Å². The molecule has 1 fully saturated rings. The fraction of sp³-hybridized carbons (Fsp3) is 0.857. The highest BCUT2D eigenvalue weighted by Gasteiger charge is 2.38. The number of carbonyl (C=O) groups is 1. The number of carboxylic acid groups (broad SMARTS) is 1. The Labute approximate surface area is 89.1 Å². The molecule has 0 aliphatic carbocycles. The van der Waals surface area contributed by atoms with Crippen LogP contribution >= 0.6 is 0 Å². The second-order valence-corrected chi connectivity index (χ2v) is 3.21. The van der Waals surface area contributed by atoms with E-state index in [-0.39, 0.29) is 6.04 Å². The van der Waals surface area contributed by atoms with E-state index in [1.54, 1.807) is 0 Å². The molecule has 0 radical (unpaired) electrons. The molecule has 16 heavy (non-hydrogen) atoms. The number of hydrogen-bond donors (Lipinski definition) is 2. The van der Waals surface area contributed by atoms with Crippen LogP contribution < -0.4 is 5.32 Å². The molecule has 9 heteroatoms. The highest BCUT2D eigenvalue weighted by molar-refractivity contribution is 5.73. The summed E-state index contributed by atoms with van der Waals surface area (Å²) in [5, 5.41) is 13.9. The van der Waals surface area contributed by atoms with Gasteiger partial charge in [-0.15, -0.1) is 0 Å². The minimum atomic E-state index is -5.08. The van der Waals surface area contributed by atoms with Crippen molar-refractivity contribution in [3.8, 4) is 0 Å². The lowest BCUT2D eigenvalue weighted by atomic mass is 10.1. The van der Waals surface area contributed by atoms with E-state index in [4.69, 9.17) is 15.4 Å². The molecule has 0 unspecified atom stereocenters. The van der Waals surface area contributed by atoms with Gasteiger partial charge >= 0.3 is 12.1 Å². The molecule has 1 heterocycles. The van der Waals surface area contributed by atoms with Gasteiger partial charge in [-0.3, -0.25) is 0 Å². The maximum Gasteiger partial charge on any atom is 0.490 e. The highest BCUT2D eigenvalue weighted by atomic mass is 19.4. The summed E-state index contributed by atoms with van der Waals surface area (Å²) in [5.41, 5.74) is 8.07. The average Bonchev–Trinajstić information content (AvgIpc) is 2.52. The molecule has 0 spiro atoms. The quantitative estimate of drug-likeness (QED) is 0.413. The van der Waals surface area contributed by atoms with Crippen molar-refractivity contribution < 1.29 is 23.1 Å². The smallest absolute Gasteiger partial charge is 0.475 e. The topological polar surface area (TPSA) is 98.1 Å². The predicted octanol–water partition coefficient (Wildman–Crippen LogP) is 1.54. The Kier molecular flexibility index (Phi) is 5.62. The molecule has 2 N–H and O–H groups in total. The predicted molar refractivity (Wildman–Crippen MR) is 48.7 cm³/mol. The van der Waals surface area contributed by atoms with Crippen LogP contribution in [0.3, 0.4) is 0 Å².